The van der Waals surface area contributed by atoms with Gasteiger partial charge in [-0.15, -0.1) is 0 Å². The molecule has 1 aliphatic rings. The van der Waals surface area contributed by atoms with Gasteiger partial charge in [0.15, 0.2) is 6.10 Å². The number of carbonyl (C=O) groups excluding carboxylic acids is 3. The number of aliphatic hydroxyl groups is 7. The van der Waals surface area contributed by atoms with Crippen molar-refractivity contribution in [3.63, 3.8) is 0 Å². The fourth-order valence-corrected chi connectivity index (χ4v) is 1.78. The lowest BCUT2D eigenvalue weighted by atomic mass is 10.0. The summed E-state index contributed by atoms with van der Waals surface area (Å²) in [6.07, 6.45) is -14.5. The average Bonchev–Trinajstić information content (AvgIpc) is 2.66. The minimum Gasteiger partial charge on any atom is -0.460 e. The number of rotatable bonds is 6. The second kappa shape index (κ2) is 8.43. The van der Waals surface area contributed by atoms with E-state index in [9.17, 15) is 39.9 Å². The Balaban J connectivity index is 2.81. The molecule has 0 aliphatic carbocycles. The number of ketones is 1. The Morgan fingerprint density at radius 1 is 1.17 bits per heavy atom. The van der Waals surface area contributed by atoms with Gasteiger partial charge in [0.2, 0.25) is 6.10 Å². The van der Waals surface area contributed by atoms with Crippen LogP contribution in [0.25, 0.3) is 0 Å². The van der Waals surface area contributed by atoms with E-state index in [-0.39, 0.29) is 0 Å². The highest BCUT2D eigenvalue weighted by molar-refractivity contribution is 6.35. The highest BCUT2D eigenvalue weighted by atomic mass is 16.6. The van der Waals surface area contributed by atoms with Crippen LogP contribution in [0, 0.1) is 0 Å². The Kier molecular flexibility index (Phi) is 7.16. The molecule has 12 heteroatoms. The number of cyclic esters (lactones) is 1. The van der Waals surface area contributed by atoms with Crippen LogP contribution in [0.2, 0.25) is 0 Å². The van der Waals surface area contributed by atoms with E-state index in [4.69, 9.17) is 10.2 Å². The Morgan fingerprint density at radius 2 is 1.75 bits per heavy atom. The van der Waals surface area contributed by atoms with Crippen molar-refractivity contribution in [3.8, 4) is 0 Å². The number of esters is 2. The minimum absolute atomic E-state index is 0.691. The monoisotopic (exact) mass is 354 g/mol. The third-order valence-electron chi connectivity index (χ3n) is 3.29. The molecule has 7 atom stereocenters. The lowest BCUT2D eigenvalue weighted by Crippen LogP contribution is -2.50. The third-order valence-corrected chi connectivity index (χ3v) is 3.29. The highest BCUT2D eigenvalue weighted by Gasteiger charge is 2.45. The number of aliphatic hydroxyl groups excluding tert-OH is 7. The van der Waals surface area contributed by atoms with E-state index in [2.05, 4.69) is 9.47 Å². The summed E-state index contributed by atoms with van der Waals surface area (Å²) in [7, 11) is 0. The largest absolute Gasteiger partial charge is 0.460 e. The van der Waals surface area contributed by atoms with Crippen molar-refractivity contribution in [2.75, 3.05) is 13.2 Å². The number of ether oxygens (including phenoxy) is 2. The van der Waals surface area contributed by atoms with Gasteiger partial charge in [0.05, 0.1) is 6.61 Å². The maximum Gasteiger partial charge on any atom is 0.378 e. The molecule has 7 N–H and O–H groups in total. The van der Waals surface area contributed by atoms with Crippen molar-refractivity contribution >= 4 is 17.7 Å². The molecule has 138 valence electrons. The molecule has 0 unspecified atom stereocenters. The van der Waals surface area contributed by atoms with Crippen LogP contribution in [0.4, 0.5) is 0 Å². The molecule has 1 saturated heterocycles. The van der Waals surface area contributed by atoms with Crippen LogP contribution in [0.1, 0.15) is 0 Å². The number of hydrogen-bond acceptors (Lipinski definition) is 12. The van der Waals surface area contributed by atoms with Crippen molar-refractivity contribution in [2.24, 2.45) is 0 Å². The Bertz CT molecular complexity index is 479. The number of hydrogen-bond donors (Lipinski definition) is 7. The van der Waals surface area contributed by atoms with Gasteiger partial charge in [-0.2, -0.15) is 0 Å². The van der Waals surface area contributed by atoms with Gasteiger partial charge >= 0.3 is 11.9 Å². The highest BCUT2D eigenvalue weighted by Crippen LogP contribution is 2.16. The first-order valence-corrected chi connectivity index (χ1v) is 6.72. The zero-order chi connectivity index (χ0) is 18.6. The topological polar surface area (TPSA) is 211 Å². The minimum atomic E-state index is -2.48. The molecule has 0 radical (unpaired) electrons. The maximum atomic E-state index is 11.6. The van der Waals surface area contributed by atoms with Gasteiger partial charge in [0.25, 0.3) is 5.78 Å². The summed E-state index contributed by atoms with van der Waals surface area (Å²) >= 11 is 0. The Labute approximate surface area is 134 Å². The molecule has 0 saturated carbocycles. The summed E-state index contributed by atoms with van der Waals surface area (Å²) in [5, 5.41) is 65.0. The summed E-state index contributed by atoms with van der Waals surface area (Å²) in [5.74, 6) is -5.02. The van der Waals surface area contributed by atoms with Crippen LogP contribution in [-0.2, 0) is 23.9 Å². The molecule has 1 aliphatic heterocycles. The molecular formula is C12H18O12. The maximum absolute atomic E-state index is 11.6. The zero-order valence-corrected chi connectivity index (χ0v) is 12.1. The van der Waals surface area contributed by atoms with E-state index in [1.54, 1.807) is 0 Å². The lowest BCUT2D eigenvalue weighted by molar-refractivity contribution is -0.181. The lowest BCUT2D eigenvalue weighted by Gasteiger charge is -2.24. The van der Waals surface area contributed by atoms with Gasteiger partial charge in [-0.05, 0) is 0 Å². The summed E-state index contributed by atoms with van der Waals surface area (Å²) < 4.78 is 8.79. The summed E-state index contributed by atoms with van der Waals surface area (Å²) in [4.78, 5) is 34.8. The summed E-state index contributed by atoms with van der Waals surface area (Å²) in [6, 6.07) is 0. The van der Waals surface area contributed by atoms with Gasteiger partial charge in [-0.3, -0.25) is 4.79 Å². The third kappa shape index (κ3) is 4.45. The first kappa shape index (κ1) is 20.4. The number of Topliss-reactive ketones (excluding diaryl/α,β-unsaturated/α-hetero) is 1. The standard InChI is InChI=1S/C12H18O12/c13-1-3(14)5(16)7(18)9(20)11(21)24-10-8(19)6(17)4(15)2-23-12(10)22/h3-8,10,13-19H,1-2H2/t3-,4+,5+,6+,7-,8-,10+/m0/s1. The molecule has 0 bridgehead atoms. The van der Waals surface area contributed by atoms with Crippen LogP contribution >= 0.6 is 0 Å². The summed E-state index contributed by atoms with van der Waals surface area (Å²) in [5.41, 5.74) is 0. The molecule has 0 spiro atoms. The zero-order valence-electron chi connectivity index (χ0n) is 12.1. The first-order chi connectivity index (χ1) is 11.1. The van der Waals surface area contributed by atoms with Crippen molar-refractivity contribution in [3.05, 3.63) is 0 Å². The van der Waals surface area contributed by atoms with E-state index >= 15 is 0 Å². The molecule has 0 aromatic heterocycles. The van der Waals surface area contributed by atoms with E-state index < -0.39 is 73.7 Å². The SMILES string of the molecule is O=C(O[C@H]1C(=O)OC[C@@H](O)[C@@H](O)[C@@H]1O)C(=O)[C@@H](O)[C@H](O)[C@@H](O)CO. The second-order valence-electron chi connectivity index (χ2n) is 5.05. The normalized spacial score (nSPS) is 31.4. The van der Waals surface area contributed by atoms with Crippen molar-refractivity contribution < 1.29 is 59.6 Å². The van der Waals surface area contributed by atoms with Crippen LogP contribution in [0.5, 0.6) is 0 Å². The van der Waals surface area contributed by atoms with E-state index in [0.29, 0.717) is 0 Å². The smallest absolute Gasteiger partial charge is 0.378 e. The molecule has 12 nitrogen and oxygen atoms in total. The van der Waals surface area contributed by atoms with Crippen LogP contribution in [-0.4, -0.2) is 109 Å². The van der Waals surface area contributed by atoms with Crippen molar-refractivity contribution in [1.29, 1.82) is 0 Å². The van der Waals surface area contributed by atoms with Gasteiger partial charge in [-0.25, -0.2) is 9.59 Å². The average molecular weight is 354 g/mol. The van der Waals surface area contributed by atoms with E-state index in [0.717, 1.165) is 0 Å². The fraction of sp³-hybridized carbons (Fsp3) is 0.750. The van der Waals surface area contributed by atoms with E-state index in [1.165, 1.54) is 0 Å². The predicted molar refractivity (Wildman–Crippen MR) is 69.0 cm³/mol. The van der Waals surface area contributed by atoms with Crippen molar-refractivity contribution in [2.45, 2.75) is 42.7 Å². The molecule has 0 aromatic rings. The van der Waals surface area contributed by atoms with Gasteiger partial charge < -0.3 is 45.2 Å². The predicted octanol–water partition coefficient (Wildman–Crippen LogP) is -5.82. The first-order valence-electron chi connectivity index (χ1n) is 6.72. The van der Waals surface area contributed by atoms with Crippen molar-refractivity contribution in [1.82, 2.24) is 0 Å². The Hall–Kier alpha value is -1.67. The number of carbonyl (C=O) groups is 3. The molecule has 0 amide bonds. The van der Waals surface area contributed by atoms with E-state index in [1.807, 2.05) is 0 Å². The van der Waals surface area contributed by atoms with Gasteiger partial charge in [-0.1, -0.05) is 0 Å². The van der Waals surface area contributed by atoms with Crippen LogP contribution in [0.3, 0.4) is 0 Å². The molecule has 1 heterocycles. The molecule has 1 rings (SSSR count). The fourth-order valence-electron chi connectivity index (χ4n) is 1.78. The van der Waals surface area contributed by atoms with Gasteiger partial charge in [0.1, 0.15) is 37.1 Å². The Morgan fingerprint density at radius 3 is 2.29 bits per heavy atom. The second-order valence-corrected chi connectivity index (χ2v) is 5.05. The van der Waals surface area contributed by atoms with Crippen LogP contribution in [0.15, 0.2) is 0 Å². The van der Waals surface area contributed by atoms with Gasteiger partial charge in [0, 0.05) is 0 Å². The quantitative estimate of drug-likeness (QED) is 0.175. The molecule has 1 fully saturated rings. The summed E-state index contributed by atoms with van der Waals surface area (Å²) in [6.45, 7) is -1.71. The molecule has 24 heavy (non-hydrogen) atoms. The molecule has 0 aromatic carbocycles. The van der Waals surface area contributed by atoms with Crippen LogP contribution < -0.4 is 0 Å². The molecular weight excluding hydrogens is 336 g/mol.